The summed E-state index contributed by atoms with van der Waals surface area (Å²) < 4.78 is 0. The normalized spacial score (nSPS) is 10.5. The summed E-state index contributed by atoms with van der Waals surface area (Å²) in [7, 11) is 0. The van der Waals surface area contributed by atoms with Crippen LogP contribution >= 0.6 is 0 Å². The Balaban J connectivity index is 1.56. The molecule has 0 spiro atoms. The summed E-state index contributed by atoms with van der Waals surface area (Å²) in [6, 6.07) is 17.9. The number of anilines is 3. The van der Waals surface area contributed by atoms with Crippen LogP contribution in [-0.2, 0) is 0 Å². The Bertz CT molecular complexity index is 1220. The predicted molar refractivity (Wildman–Crippen MR) is 111 cm³/mol. The molecule has 2 aromatic carbocycles. The Morgan fingerprint density at radius 1 is 0.897 bits per heavy atom. The molecule has 2 heterocycles. The van der Waals surface area contributed by atoms with Crippen LogP contribution in [0.3, 0.4) is 0 Å². The molecule has 4 aromatic rings. The predicted octanol–water partition coefficient (Wildman–Crippen LogP) is 4.22. The first kappa shape index (κ1) is 18.2. The highest BCUT2D eigenvalue weighted by atomic mass is 16.2. The summed E-state index contributed by atoms with van der Waals surface area (Å²) in [6.07, 6.45) is 3.18. The third kappa shape index (κ3) is 4.08. The smallest absolute Gasteiger partial charge is 0.274 e. The lowest BCUT2D eigenvalue weighted by atomic mass is 10.1. The molecule has 142 valence electrons. The monoisotopic (exact) mass is 383 g/mol. The fourth-order valence-corrected chi connectivity index (χ4v) is 2.88. The molecule has 0 aliphatic carbocycles. The maximum absolute atomic E-state index is 12.7. The number of ketones is 1. The van der Waals surface area contributed by atoms with E-state index in [0.29, 0.717) is 22.5 Å². The molecule has 0 saturated heterocycles. The summed E-state index contributed by atoms with van der Waals surface area (Å²) in [5, 5.41) is 6.80. The highest BCUT2D eigenvalue weighted by molar-refractivity contribution is 6.07. The molecule has 0 unspecified atom stereocenters. The average molecular weight is 383 g/mol. The van der Waals surface area contributed by atoms with Gasteiger partial charge in [-0.15, -0.1) is 0 Å². The van der Waals surface area contributed by atoms with Crippen molar-refractivity contribution < 1.29 is 9.59 Å². The minimum atomic E-state index is -0.369. The second-order valence-electron chi connectivity index (χ2n) is 6.36. The number of aromatic nitrogens is 3. The van der Waals surface area contributed by atoms with Gasteiger partial charge in [-0.3, -0.25) is 14.6 Å². The minimum absolute atomic E-state index is 0.0357. The van der Waals surface area contributed by atoms with Gasteiger partial charge in [-0.25, -0.2) is 9.97 Å². The Kier molecular flexibility index (Phi) is 4.94. The average Bonchev–Trinajstić information content (AvgIpc) is 2.74. The van der Waals surface area contributed by atoms with Gasteiger partial charge in [-0.2, -0.15) is 0 Å². The van der Waals surface area contributed by atoms with Crippen molar-refractivity contribution >= 4 is 39.9 Å². The molecule has 1 amide bonds. The van der Waals surface area contributed by atoms with E-state index in [9.17, 15) is 9.59 Å². The Morgan fingerprint density at radius 3 is 2.59 bits per heavy atom. The van der Waals surface area contributed by atoms with Crippen LogP contribution in [0.25, 0.3) is 10.9 Å². The van der Waals surface area contributed by atoms with Crippen molar-refractivity contribution in [2.45, 2.75) is 6.92 Å². The van der Waals surface area contributed by atoms with Crippen molar-refractivity contribution in [2.75, 3.05) is 10.6 Å². The fourth-order valence-electron chi connectivity index (χ4n) is 2.88. The van der Waals surface area contributed by atoms with E-state index in [1.54, 1.807) is 36.5 Å². The van der Waals surface area contributed by atoms with Crippen molar-refractivity contribution in [3.63, 3.8) is 0 Å². The van der Waals surface area contributed by atoms with Crippen LogP contribution in [0, 0.1) is 0 Å². The van der Waals surface area contributed by atoms with Gasteiger partial charge in [0.2, 0.25) is 5.95 Å². The van der Waals surface area contributed by atoms with E-state index >= 15 is 0 Å². The molecule has 29 heavy (non-hydrogen) atoms. The van der Waals surface area contributed by atoms with E-state index in [-0.39, 0.29) is 23.3 Å². The first-order valence-corrected chi connectivity index (χ1v) is 8.96. The zero-order valence-electron chi connectivity index (χ0n) is 15.6. The van der Waals surface area contributed by atoms with E-state index in [4.69, 9.17) is 0 Å². The molecular formula is C22H17N5O2. The topological polar surface area (TPSA) is 96.9 Å². The molecule has 7 heteroatoms. The molecule has 0 atom stereocenters. The number of amides is 1. The first-order chi connectivity index (χ1) is 14.1. The number of hydrogen-bond donors (Lipinski definition) is 2. The lowest BCUT2D eigenvalue weighted by Crippen LogP contribution is -2.15. The van der Waals surface area contributed by atoms with Crippen molar-refractivity contribution in [1.82, 2.24) is 15.0 Å². The van der Waals surface area contributed by atoms with E-state index in [1.165, 1.54) is 19.2 Å². The summed E-state index contributed by atoms with van der Waals surface area (Å²) >= 11 is 0. The number of rotatable bonds is 5. The Hall–Kier alpha value is -4.13. The minimum Gasteiger partial charge on any atom is -0.324 e. The van der Waals surface area contributed by atoms with E-state index in [1.807, 2.05) is 24.3 Å². The molecule has 0 saturated carbocycles. The lowest BCUT2D eigenvalue weighted by Gasteiger charge is -2.09. The summed E-state index contributed by atoms with van der Waals surface area (Å²) in [6.45, 7) is 1.50. The van der Waals surface area contributed by atoms with Gasteiger partial charge >= 0.3 is 0 Å². The first-order valence-electron chi connectivity index (χ1n) is 8.96. The number of carbonyl (C=O) groups is 2. The molecule has 2 aromatic heterocycles. The van der Waals surface area contributed by atoms with Crippen LogP contribution in [0.15, 0.2) is 73.1 Å². The van der Waals surface area contributed by atoms with Gasteiger partial charge in [0.15, 0.2) is 5.78 Å². The van der Waals surface area contributed by atoms with Crippen LogP contribution in [0.1, 0.15) is 27.8 Å². The number of hydrogen-bond acceptors (Lipinski definition) is 6. The molecule has 0 aliphatic rings. The highest BCUT2D eigenvalue weighted by Gasteiger charge is 2.12. The van der Waals surface area contributed by atoms with Crippen LogP contribution in [0.2, 0.25) is 0 Å². The van der Waals surface area contributed by atoms with Crippen LogP contribution in [0.5, 0.6) is 0 Å². The number of pyridine rings is 1. The maximum atomic E-state index is 12.7. The molecule has 0 radical (unpaired) electrons. The van der Waals surface area contributed by atoms with Gasteiger partial charge < -0.3 is 10.6 Å². The standard InChI is InChI=1S/C22H17N5O2/c1-14(28)16-6-2-8-17(13-16)25-22-24-12-10-19(27-22)21(29)26-18-9-3-5-15-7-4-11-23-20(15)18/h2-13H,1H3,(H,26,29)(H,24,25,27). The Labute approximate surface area is 166 Å². The van der Waals surface area contributed by atoms with Crippen LogP contribution < -0.4 is 10.6 Å². The molecule has 0 bridgehead atoms. The zero-order valence-corrected chi connectivity index (χ0v) is 15.6. The van der Waals surface area contributed by atoms with Gasteiger partial charge in [0.05, 0.1) is 11.2 Å². The molecule has 0 fully saturated rings. The number of nitrogens with one attached hydrogen (secondary N) is 2. The van der Waals surface area contributed by atoms with E-state index in [0.717, 1.165) is 5.39 Å². The van der Waals surface area contributed by atoms with E-state index in [2.05, 4.69) is 25.6 Å². The van der Waals surface area contributed by atoms with Gasteiger partial charge in [0.25, 0.3) is 5.91 Å². The molecule has 2 N–H and O–H groups in total. The molecule has 4 rings (SSSR count). The Morgan fingerprint density at radius 2 is 1.72 bits per heavy atom. The number of benzene rings is 2. The van der Waals surface area contributed by atoms with E-state index < -0.39 is 0 Å². The lowest BCUT2D eigenvalue weighted by molar-refractivity contribution is 0.101. The molecule has 7 nitrogen and oxygen atoms in total. The summed E-state index contributed by atoms with van der Waals surface area (Å²) in [5.41, 5.74) is 2.76. The number of nitrogens with zero attached hydrogens (tertiary/aromatic N) is 3. The molecular weight excluding hydrogens is 366 g/mol. The summed E-state index contributed by atoms with van der Waals surface area (Å²) in [5.74, 6) is -0.146. The van der Waals surface area contributed by atoms with Crippen molar-refractivity contribution in [1.29, 1.82) is 0 Å². The number of carbonyl (C=O) groups excluding carboxylic acids is 2. The van der Waals surface area contributed by atoms with Gasteiger partial charge in [-0.1, -0.05) is 30.3 Å². The third-order valence-electron chi connectivity index (χ3n) is 4.29. The number of Topliss-reactive ketones (excluding diaryl/α,β-unsaturated/α-hetero) is 1. The second kappa shape index (κ2) is 7.85. The highest BCUT2D eigenvalue weighted by Crippen LogP contribution is 2.21. The summed E-state index contributed by atoms with van der Waals surface area (Å²) in [4.78, 5) is 37.0. The van der Waals surface area contributed by atoms with Crippen molar-refractivity contribution in [3.05, 3.63) is 84.3 Å². The number of fused-ring (bicyclic) bond motifs is 1. The maximum Gasteiger partial charge on any atom is 0.274 e. The second-order valence-corrected chi connectivity index (χ2v) is 6.36. The SMILES string of the molecule is CC(=O)c1cccc(Nc2nccc(C(=O)Nc3cccc4cccnc34)n2)c1. The zero-order chi connectivity index (χ0) is 20.2. The largest absolute Gasteiger partial charge is 0.324 e. The van der Waals surface area contributed by atoms with Gasteiger partial charge in [0.1, 0.15) is 5.69 Å². The van der Waals surface area contributed by atoms with Crippen LogP contribution in [0.4, 0.5) is 17.3 Å². The third-order valence-corrected chi connectivity index (χ3v) is 4.29. The van der Waals surface area contributed by atoms with Gasteiger partial charge in [0, 0.05) is 29.0 Å². The van der Waals surface area contributed by atoms with Gasteiger partial charge in [-0.05, 0) is 37.3 Å². The van der Waals surface area contributed by atoms with Crippen molar-refractivity contribution in [2.24, 2.45) is 0 Å². The number of para-hydroxylation sites is 1. The molecule has 0 aliphatic heterocycles. The fraction of sp³-hybridized carbons (Fsp3) is 0.0455. The quantitative estimate of drug-likeness (QED) is 0.501. The van der Waals surface area contributed by atoms with Crippen LogP contribution in [-0.4, -0.2) is 26.6 Å². The van der Waals surface area contributed by atoms with Crippen molar-refractivity contribution in [3.8, 4) is 0 Å².